The number of alkyl halides is 1. The van der Waals surface area contributed by atoms with Gasteiger partial charge in [0.2, 0.25) is 5.88 Å². The zero-order chi connectivity index (χ0) is 14.5. The number of methoxy groups -OCH3 is 2. The molecule has 2 rings (SSSR count). The van der Waals surface area contributed by atoms with Crippen LogP contribution in [0.4, 0.5) is 0 Å². The van der Waals surface area contributed by atoms with Gasteiger partial charge in [-0.25, -0.2) is 4.98 Å². The molecule has 5 nitrogen and oxygen atoms in total. The highest BCUT2D eigenvalue weighted by atomic mass is 35.5. The molecular formula is C14H20ClN3O2. The molecule has 2 aromatic rings. The van der Waals surface area contributed by atoms with Crippen molar-refractivity contribution >= 4 is 22.8 Å². The largest absolute Gasteiger partial charge is 0.481 e. The second-order valence-electron chi connectivity index (χ2n) is 4.55. The Kier molecular flexibility index (Phi) is 5.20. The Balaban J connectivity index is 2.58. The molecule has 2 heterocycles. The van der Waals surface area contributed by atoms with Crippen LogP contribution in [0.3, 0.4) is 0 Å². The molecule has 0 aromatic carbocycles. The smallest absolute Gasteiger partial charge is 0.215 e. The zero-order valence-electron chi connectivity index (χ0n) is 12.1. The highest BCUT2D eigenvalue weighted by molar-refractivity contribution is 6.17. The van der Waals surface area contributed by atoms with E-state index >= 15 is 0 Å². The van der Waals surface area contributed by atoms with Crippen molar-refractivity contribution in [1.29, 1.82) is 0 Å². The van der Waals surface area contributed by atoms with Gasteiger partial charge < -0.3 is 14.0 Å². The Morgan fingerprint density at radius 1 is 1.30 bits per heavy atom. The van der Waals surface area contributed by atoms with Crippen molar-refractivity contribution in [2.45, 2.75) is 25.8 Å². The lowest BCUT2D eigenvalue weighted by molar-refractivity contribution is 0.153. The molecule has 0 aliphatic carbocycles. The fraction of sp³-hybridized carbons (Fsp3) is 0.571. The van der Waals surface area contributed by atoms with Gasteiger partial charge in [0.1, 0.15) is 11.3 Å². The van der Waals surface area contributed by atoms with Crippen LogP contribution in [0.1, 0.15) is 25.2 Å². The van der Waals surface area contributed by atoms with Crippen LogP contribution < -0.4 is 4.74 Å². The van der Waals surface area contributed by atoms with Gasteiger partial charge >= 0.3 is 0 Å². The van der Waals surface area contributed by atoms with E-state index in [2.05, 4.69) is 21.5 Å². The molecule has 0 spiro atoms. The molecular weight excluding hydrogens is 278 g/mol. The normalized spacial score (nSPS) is 12.8. The Morgan fingerprint density at radius 3 is 2.70 bits per heavy atom. The molecule has 20 heavy (non-hydrogen) atoms. The number of nitrogens with zero attached hydrogens (tertiary/aromatic N) is 3. The minimum Gasteiger partial charge on any atom is -0.481 e. The Labute approximate surface area is 123 Å². The quantitative estimate of drug-likeness (QED) is 0.737. The number of pyridine rings is 1. The molecule has 0 fully saturated rings. The first-order valence-corrected chi connectivity index (χ1v) is 7.25. The van der Waals surface area contributed by atoms with Gasteiger partial charge in [0.25, 0.3) is 0 Å². The van der Waals surface area contributed by atoms with Crippen LogP contribution in [0.2, 0.25) is 0 Å². The fourth-order valence-corrected chi connectivity index (χ4v) is 2.50. The molecule has 0 bridgehead atoms. The van der Waals surface area contributed by atoms with E-state index in [-0.39, 0.29) is 6.04 Å². The summed E-state index contributed by atoms with van der Waals surface area (Å²) in [5, 5.41) is 0. The van der Waals surface area contributed by atoms with Crippen molar-refractivity contribution in [3.05, 3.63) is 18.0 Å². The standard InChI is InChI=1S/C14H20ClN3O2/c1-4-10(9-19-2)18-12(7-8-15)16-11-5-6-13(20-3)17-14(11)18/h5-6,10H,4,7-9H2,1-3H3. The lowest BCUT2D eigenvalue weighted by atomic mass is 10.2. The van der Waals surface area contributed by atoms with Gasteiger partial charge in [-0.15, -0.1) is 11.6 Å². The molecule has 0 aliphatic rings. The number of rotatable bonds is 7. The van der Waals surface area contributed by atoms with E-state index in [4.69, 9.17) is 21.1 Å². The first-order valence-electron chi connectivity index (χ1n) is 6.71. The number of aryl methyl sites for hydroxylation is 1. The monoisotopic (exact) mass is 297 g/mol. The number of fused-ring (bicyclic) bond motifs is 1. The number of halogens is 1. The van der Waals surface area contributed by atoms with Gasteiger partial charge in [-0.3, -0.25) is 0 Å². The molecule has 110 valence electrons. The van der Waals surface area contributed by atoms with Crippen LogP contribution in [-0.2, 0) is 11.2 Å². The van der Waals surface area contributed by atoms with Gasteiger partial charge in [0.15, 0.2) is 5.65 Å². The lowest BCUT2D eigenvalue weighted by Gasteiger charge is -2.19. The van der Waals surface area contributed by atoms with Crippen LogP contribution in [0, 0.1) is 0 Å². The van der Waals surface area contributed by atoms with Crippen LogP contribution >= 0.6 is 11.6 Å². The van der Waals surface area contributed by atoms with E-state index in [1.165, 1.54) is 0 Å². The maximum absolute atomic E-state index is 5.89. The third-order valence-electron chi connectivity index (χ3n) is 3.31. The molecule has 0 radical (unpaired) electrons. The second-order valence-corrected chi connectivity index (χ2v) is 4.93. The van der Waals surface area contributed by atoms with Crippen LogP contribution in [0.15, 0.2) is 12.1 Å². The predicted octanol–water partition coefficient (Wildman–Crippen LogP) is 2.82. The van der Waals surface area contributed by atoms with E-state index in [0.717, 1.165) is 23.4 Å². The van der Waals surface area contributed by atoms with Gasteiger partial charge in [-0.05, 0) is 12.5 Å². The van der Waals surface area contributed by atoms with Crippen LogP contribution in [0.5, 0.6) is 5.88 Å². The summed E-state index contributed by atoms with van der Waals surface area (Å²) in [5.41, 5.74) is 1.69. The average Bonchev–Trinajstić information content (AvgIpc) is 2.82. The number of ether oxygens (including phenoxy) is 2. The summed E-state index contributed by atoms with van der Waals surface area (Å²) in [6.45, 7) is 2.75. The number of imidazole rings is 1. The molecule has 0 saturated carbocycles. The van der Waals surface area contributed by atoms with Gasteiger partial charge in [-0.1, -0.05) is 6.92 Å². The predicted molar refractivity (Wildman–Crippen MR) is 79.7 cm³/mol. The summed E-state index contributed by atoms with van der Waals surface area (Å²) in [7, 11) is 3.32. The highest BCUT2D eigenvalue weighted by Gasteiger charge is 2.19. The lowest BCUT2D eigenvalue weighted by Crippen LogP contribution is -2.17. The molecule has 1 unspecified atom stereocenters. The first kappa shape index (κ1) is 15.1. The van der Waals surface area contributed by atoms with Crippen molar-refractivity contribution in [3.8, 4) is 5.88 Å². The van der Waals surface area contributed by atoms with Crippen LogP contribution in [0.25, 0.3) is 11.2 Å². The molecule has 0 N–H and O–H groups in total. The molecule has 2 aromatic heterocycles. The van der Waals surface area contributed by atoms with Gasteiger partial charge in [-0.2, -0.15) is 4.98 Å². The van der Waals surface area contributed by atoms with E-state index in [1.54, 1.807) is 14.2 Å². The minimum absolute atomic E-state index is 0.197. The van der Waals surface area contributed by atoms with Crippen molar-refractivity contribution in [1.82, 2.24) is 14.5 Å². The molecule has 1 atom stereocenters. The van der Waals surface area contributed by atoms with Gasteiger partial charge in [0, 0.05) is 25.5 Å². The molecule has 0 aliphatic heterocycles. The van der Waals surface area contributed by atoms with Crippen molar-refractivity contribution in [2.24, 2.45) is 0 Å². The molecule has 6 heteroatoms. The SMILES string of the molecule is CCC(COC)n1c(CCCl)nc2ccc(OC)nc21. The van der Waals surface area contributed by atoms with E-state index in [9.17, 15) is 0 Å². The van der Waals surface area contributed by atoms with Crippen molar-refractivity contribution in [2.75, 3.05) is 26.7 Å². The third kappa shape index (κ3) is 2.88. The molecule has 0 amide bonds. The van der Waals surface area contributed by atoms with E-state index < -0.39 is 0 Å². The number of aromatic nitrogens is 3. The highest BCUT2D eigenvalue weighted by Crippen LogP contribution is 2.24. The average molecular weight is 298 g/mol. The summed E-state index contributed by atoms with van der Waals surface area (Å²) < 4.78 is 12.7. The van der Waals surface area contributed by atoms with Crippen LogP contribution in [-0.4, -0.2) is 41.2 Å². The maximum atomic E-state index is 5.89. The van der Waals surface area contributed by atoms with Gasteiger partial charge in [0.05, 0.1) is 19.8 Å². The number of hydrogen-bond donors (Lipinski definition) is 0. The minimum atomic E-state index is 0.197. The molecule has 0 saturated heterocycles. The summed E-state index contributed by atoms with van der Waals surface area (Å²) in [4.78, 5) is 9.16. The zero-order valence-corrected chi connectivity index (χ0v) is 12.9. The second kappa shape index (κ2) is 6.90. The third-order valence-corrected chi connectivity index (χ3v) is 3.50. The summed E-state index contributed by atoms with van der Waals surface area (Å²) in [5.74, 6) is 2.06. The first-order chi connectivity index (χ1) is 9.74. The summed E-state index contributed by atoms with van der Waals surface area (Å²) in [6.07, 6.45) is 1.65. The fourth-order valence-electron chi connectivity index (χ4n) is 2.33. The van der Waals surface area contributed by atoms with Crippen molar-refractivity contribution < 1.29 is 9.47 Å². The van der Waals surface area contributed by atoms with E-state index in [0.29, 0.717) is 24.8 Å². The summed E-state index contributed by atoms with van der Waals surface area (Å²) >= 11 is 5.89. The topological polar surface area (TPSA) is 49.2 Å². The van der Waals surface area contributed by atoms with Crippen molar-refractivity contribution in [3.63, 3.8) is 0 Å². The van der Waals surface area contributed by atoms with E-state index in [1.807, 2.05) is 12.1 Å². The maximum Gasteiger partial charge on any atom is 0.215 e. The Bertz CT molecular complexity index is 571. The Hall–Kier alpha value is -1.33. The summed E-state index contributed by atoms with van der Waals surface area (Å²) in [6, 6.07) is 3.94. The Morgan fingerprint density at radius 2 is 2.10 bits per heavy atom. The number of hydrogen-bond acceptors (Lipinski definition) is 4.